The summed E-state index contributed by atoms with van der Waals surface area (Å²) < 4.78 is 0. The quantitative estimate of drug-likeness (QED) is 0.837. The molecule has 0 saturated heterocycles. The predicted molar refractivity (Wildman–Crippen MR) is 97.3 cm³/mol. The Morgan fingerprint density at radius 3 is 1.18 bits per heavy atom. The zero-order valence-electron chi connectivity index (χ0n) is 13.8. The van der Waals surface area contributed by atoms with Crippen LogP contribution in [0.2, 0.25) is 0 Å². The van der Waals surface area contributed by atoms with Crippen molar-refractivity contribution in [2.45, 2.75) is 65.6 Å². The third kappa shape index (κ3) is 9.09. The maximum Gasteiger partial charge on any atom is 0.0580 e. The fourth-order valence-corrected chi connectivity index (χ4v) is 3.40. The maximum absolute atomic E-state index is 9.41. The van der Waals surface area contributed by atoms with Gasteiger partial charge in [-0.2, -0.15) is 0 Å². The Balaban J connectivity index is 0. The standard InChI is InChI=1S/2C8H17NO.2CH4/c2*1-9(2)6-7-4-3-5-8(7)10;;/h2*7-8,10H,3-6H2,1-2H3;2*1H4/t7-,8+;7-,8-;;/m01../s1. The minimum atomic E-state index is -0.0256. The van der Waals surface area contributed by atoms with Crippen LogP contribution in [-0.4, -0.2) is 73.5 Å². The highest BCUT2D eigenvalue weighted by molar-refractivity contribution is 4.78. The summed E-state index contributed by atoms with van der Waals surface area (Å²) in [4.78, 5) is 4.30. The summed E-state index contributed by atoms with van der Waals surface area (Å²) in [5, 5.41) is 18.8. The van der Waals surface area contributed by atoms with Gasteiger partial charge in [-0.3, -0.25) is 0 Å². The van der Waals surface area contributed by atoms with Crippen molar-refractivity contribution in [2.24, 2.45) is 11.8 Å². The van der Waals surface area contributed by atoms with Crippen LogP contribution in [0.15, 0.2) is 0 Å². The summed E-state index contributed by atoms with van der Waals surface area (Å²) in [6.07, 6.45) is 6.81. The predicted octanol–water partition coefficient (Wildman–Crippen LogP) is 2.69. The molecule has 0 aromatic carbocycles. The van der Waals surface area contributed by atoms with E-state index in [9.17, 15) is 10.2 Å². The van der Waals surface area contributed by atoms with Gasteiger partial charge in [-0.25, -0.2) is 0 Å². The van der Waals surface area contributed by atoms with Crippen molar-refractivity contribution in [2.75, 3.05) is 41.3 Å². The molecule has 2 N–H and O–H groups in total. The largest absolute Gasteiger partial charge is 0.393 e. The van der Waals surface area contributed by atoms with Crippen LogP contribution in [-0.2, 0) is 0 Å². The molecule has 22 heavy (non-hydrogen) atoms. The molecule has 2 aliphatic carbocycles. The smallest absolute Gasteiger partial charge is 0.0580 e. The van der Waals surface area contributed by atoms with E-state index < -0.39 is 0 Å². The molecule has 0 heterocycles. The van der Waals surface area contributed by atoms with Gasteiger partial charge in [-0.1, -0.05) is 27.7 Å². The number of aliphatic hydroxyl groups is 2. The second-order valence-corrected chi connectivity index (χ2v) is 7.04. The molecule has 4 nitrogen and oxygen atoms in total. The minimum Gasteiger partial charge on any atom is -0.393 e. The number of hydrogen-bond acceptors (Lipinski definition) is 4. The Hall–Kier alpha value is -0.160. The third-order valence-corrected chi connectivity index (χ3v) is 4.44. The third-order valence-electron chi connectivity index (χ3n) is 4.44. The lowest BCUT2D eigenvalue weighted by atomic mass is 10.1. The molecule has 0 spiro atoms. The Labute approximate surface area is 139 Å². The Morgan fingerprint density at radius 1 is 0.682 bits per heavy atom. The summed E-state index contributed by atoms with van der Waals surface area (Å²) in [7, 11) is 8.24. The molecule has 0 aromatic heterocycles. The molecule has 136 valence electrons. The van der Waals surface area contributed by atoms with Crippen molar-refractivity contribution in [1.82, 2.24) is 9.80 Å². The number of aliphatic hydroxyl groups excluding tert-OH is 2. The van der Waals surface area contributed by atoms with Crippen molar-refractivity contribution >= 4 is 0 Å². The topological polar surface area (TPSA) is 46.9 Å². The van der Waals surface area contributed by atoms with E-state index in [2.05, 4.69) is 38.0 Å². The average Bonchev–Trinajstić information content (AvgIpc) is 2.90. The van der Waals surface area contributed by atoms with Crippen LogP contribution >= 0.6 is 0 Å². The van der Waals surface area contributed by atoms with Gasteiger partial charge >= 0.3 is 0 Å². The molecule has 4 heteroatoms. The van der Waals surface area contributed by atoms with Crippen molar-refractivity contribution in [1.29, 1.82) is 0 Å². The van der Waals surface area contributed by atoms with Gasteiger partial charge in [0.2, 0.25) is 0 Å². The van der Waals surface area contributed by atoms with Crippen LogP contribution in [0.3, 0.4) is 0 Å². The first-order valence-electron chi connectivity index (χ1n) is 8.05. The van der Waals surface area contributed by atoms with E-state index in [1.807, 2.05) is 0 Å². The Kier molecular flexibility index (Phi) is 13.5. The average molecular weight is 319 g/mol. The summed E-state index contributed by atoms with van der Waals surface area (Å²) >= 11 is 0. The monoisotopic (exact) mass is 318 g/mol. The van der Waals surface area contributed by atoms with Crippen LogP contribution in [0.25, 0.3) is 0 Å². The van der Waals surface area contributed by atoms with E-state index in [0.29, 0.717) is 11.8 Å². The summed E-state index contributed by atoms with van der Waals surface area (Å²) in [6.45, 7) is 2.09. The summed E-state index contributed by atoms with van der Waals surface area (Å²) in [5.74, 6) is 1.07. The van der Waals surface area contributed by atoms with Crippen molar-refractivity contribution in [3.8, 4) is 0 Å². The lowest BCUT2D eigenvalue weighted by Crippen LogP contribution is -2.26. The summed E-state index contributed by atoms with van der Waals surface area (Å²) in [6, 6.07) is 0. The van der Waals surface area contributed by atoms with E-state index in [0.717, 1.165) is 25.9 Å². The lowest BCUT2D eigenvalue weighted by Gasteiger charge is -2.18. The normalized spacial score (nSPS) is 30.5. The molecule has 0 bridgehead atoms. The lowest BCUT2D eigenvalue weighted by molar-refractivity contribution is 0.115. The molecule has 0 aromatic rings. The van der Waals surface area contributed by atoms with Crippen LogP contribution < -0.4 is 0 Å². The van der Waals surface area contributed by atoms with Crippen molar-refractivity contribution in [3.05, 3.63) is 0 Å². The number of hydrogen-bond donors (Lipinski definition) is 2. The Bertz CT molecular complexity index is 233. The molecular weight excluding hydrogens is 276 g/mol. The van der Waals surface area contributed by atoms with E-state index in [1.54, 1.807) is 0 Å². The van der Waals surface area contributed by atoms with Crippen LogP contribution in [0, 0.1) is 11.8 Å². The SMILES string of the molecule is C.C.CN(C)C[C@@H]1CCC[C@H]1O.CN(C)C[C@H]1CCC[C@H]1O. The molecule has 0 amide bonds. The highest BCUT2D eigenvalue weighted by Crippen LogP contribution is 2.26. The van der Waals surface area contributed by atoms with Crippen LogP contribution in [0.1, 0.15) is 53.4 Å². The van der Waals surface area contributed by atoms with Crippen LogP contribution in [0.5, 0.6) is 0 Å². The first-order chi connectivity index (χ1) is 9.40. The van der Waals surface area contributed by atoms with E-state index >= 15 is 0 Å². The molecule has 4 atom stereocenters. The minimum absolute atomic E-state index is 0. The van der Waals surface area contributed by atoms with Gasteiger partial charge in [-0.05, 0) is 65.7 Å². The van der Waals surface area contributed by atoms with Gasteiger partial charge in [0.25, 0.3) is 0 Å². The first kappa shape index (κ1) is 24.1. The van der Waals surface area contributed by atoms with Crippen LogP contribution in [0.4, 0.5) is 0 Å². The van der Waals surface area contributed by atoms with E-state index in [4.69, 9.17) is 0 Å². The number of rotatable bonds is 4. The highest BCUT2D eigenvalue weighted by atomic mass is 16.3. The second-order valence-electron chi connectivity index (χ2n) is 7.04. The molecular formula is C18H42N2O2. The second kappa shape index (κ2) is 12.3. The maximum atomic E-state index is 9.41. The van der Waals surface area contributed by atoms with Gasteiger partial charge in [-0.15, -0.1) is 0 Å². The molecule has 0 unspecified atom stereocenters. The van der Waals surface area contributed by atoms with Gasteiger partial charge in [0.15, 0.2) is 0 Å². The molecule has 2 rings (SSSR count). The Morgan fingerprint density at radius 2 is 1.00 bits per heavy atom. The summed E-state index contributed by atoms with van der Waals surface area (Å²) in [5.41, 5.74) is 0. The van der Waals surface area contributed by atoms with Crippen molar-refractivity contribution in [3.63, 3.8) is 0 Å². The fraction of sp³-hybridized carbons (Fsp3) is 1.00. The van der Waals surface area contributed by atoms with E-state index in [-0.39, 0.29) is 27.1 Å². The van der Waals surface area contributed by atoms with Gasteiger partial charge in [0.1, 0.15) is 0 Å². The van der Waals surface area contributed by atoms with Gasteiger partial charge in [0, 0.05) is 13.1 Å². The first-order valence-corrected chi connectivity index (χ1v) is 8.05. The zero-order chi connectivity index (χ0) is 15.1. The van der Waals surface area contributed by atoms with E-state index in [1.165, 1.54) is 25.7 Å². The fourth-order valence-electron chi connectivity index (χ4n) is 3.40. The molecule has 2 fully saturated rings. The zero-order valence-corrected chi connectivity index (χ0v) is 13.8. The molecule has 0 aliphatic heterocycles. The highest BCUT2D eigenvalue weighted by Gasteiger charge is 2.25. The number of nitrogens with zero attached hydrogens (tertiary/aromatic N) is 2. The molecule has 0 radical (unpaired) electrons. The molecule has 2 saturated carbocycles. The van der Waals surface area contributed by atoms with Crippen molar-refractivity contribution < 1.29 is 10.2 Å². The molecule has 2 aliphatic rings. The van der Waals surface area contributed by atoms with Gasteiger partial charge in [0.05, 0.1) is 12.2 Å². The van der Waals surface area contributed by atoms with Gasteiger partial charge < -0.3 is 20.0 Å².